The van der Waals surface area contributed by atoms with Crippen LogP contribution < -0.4 is 4.90 Å². The summed E-state index contributed by atoms with van der Waals surface area (Å²) in [5.74, 6) is -0.203. The van der Waals surface area contributed by atoms with Crippen LogP contribution in [0.3, 0.4) is 0 Å². The molecule has 7 heteroatoms. The Morgan fingerprint density at radius 2 is 1.67 bits per heavy atom. The molecule has 7 nitrogen and oxygen atoms in total. The normalized spacial score (nSPS) is 14.7. The molecule has 3 rings (SSSR count). The molecule has 0 amide bonds. The summed E-state index contributed by atoms with van der Waals surface area (Å²) in [6.07, 6.45) is 0.300. The van der Waals surface area contributed by atoms with E-state index >= 15 is 0 Å². The molecule has 0 N–H and O–H groups in total. The quantitative estimate of drug-likeness (QED) is 0.424. The van der Waals surface area contributed by atoms with E-state index in [4.69, 9.17) is 4.74 Å². The summed E-state index contributed by atoms with van der Waals surface area (Å²) in [6.45, 7) is 4.53. The van der Waals surface area contributed by atoms with Crippen LogP contribution in [0.5, 0.6) is 0 Å². The Kier molecular flexibility index (Phi) is 6.38. The summed E-state index contributed by atoms with van der Waals surface area (Å²) in [5, 5.41) is 10.7. The summed E-state index contributed by atoms with van der Waals surface area (Å²) >= 11 is 0. The molecular formula is C20H23N3O4. The topological polar surface area (TPSA) is 75.9 Å². The molecule has 1 aliphatic rings. The maximum absolute atomic E-state index is 11.9. The summed E-state index contributed by atoms with van der Waals surface area (Å²) < 4.78 is 5.34. The van der Waals surface area contributed by atoms with Gasteiger partial charge in [0.15, 0.2) is 0 Å². The zero-order valence-electron chi connectivity index (χ0n) is 15.1. The standard InChI is InChI=1S/C20H23N3O4/c24-20(16-17-4-2-1-3-5-17)27-15-14-21-10-12-22(13-11-21)18-6-8-19(9-7-18)23(25)26/h1-9H,10-16H2. The van der Waals surface area contributed by atoms with E-state index in [1.165, 1.54) is 12.1 Å². The van der Waals surface area contributed by atoms with Crippen molar-refractivity contribution in [3.63, 3.8) is 0 Å². The van der Waals surface area contributed by atoms with E-state index < -0.39 is 0 Å². The van der Waals surface area contributed by atoms with Gasteiger partial charge >= 0.3 is 5.97 Å². The Labute approximate surface area is 158 Å². The Bertz CT molecular complexity index is 757. The first-order chi connectivity index (χ1) is 13.1. The number of carbonyl (C=O) groups excluding carboxylic acids is 1. The number of rotatable bonds is 7. The van der Waals surface area contributed by atoms with Crippen molar-refractivity contribution in [3.8, 4) is 0 Å². The molecule has 0 saturated carbocycles. The predicted molar refractivity (Wildman–Crippen MR) is 103 cm³/mol. The second-order valence-electron chi connectivity index (χ2n) is 6.49. The predicted octanol–water partition coefficient (Wildman–Crippen LogP) is 2.50. The van der Waals surface area contributed by atoms with Gasteiger partial charge in [0.1, 0.15) is 6.61 Å². The first-order valence-corrected chi connectivity index (χ1v) is 9.03. The Morgan fingerprint density at radius 3 is 2.30 bits per heavy atom. The largest absolute Gasteiger partial charge is 0.464 e. The number of benzene rings is 2. The van der Waals surface area contributed by atoms with Crippen LogP contribution in [0.1, 0.15) is 5.56 Å². The van der Waals surface area contributed by atoms with E-state index in [-0.39, 0.29) is 16.6 Å². The van der Waals surface area contributed by atoms with Gasteiger partial charge in [-0.15, -0.1) is 0 Å². The van der Waals surface area contributed by atoms with E-state index in [9.17, 15) is 14.9 Å². The van der Waals surface area contributed by atoms with Crippen LogP contribution in [0, 0.1) is 10.1 Å². The van der Waals surface area contributed by atoms with Gasteiger partial charge < -0.3 is 9.64 Å². The van der Waals surface area contributed by atoms with Crippen LogP contribution in [-0.2, 0) is 16.0 Å². The summed E-state index contributed by atoms with van der Waals surface area (Å²) in [6, 6.07) is 16.2. The molecule has 2 aromatic carbocycles. The lowest BCUT2D eigenvalue weighted by Gasteiger charge is -2.35. The van der Waals surface area contributed by atoms with Gasteiger partial charge in [0.2, 0.25) is 0 Å². The average Bonchev–Trinajstić information content (AvgIpc) is 2.69. The highest BCUT2D eigenvalue weighted by molar-refractivity contribution is 5.72. The van der Waals surface area contributed by atoms with Crippen LogP contribution in [0.4, 0.5) is 11.4 Å². The summed E-state index contributed by atoms with van der Waals surface area (Å²) in [4.78, 5) is 26.7. The van der Waals surface area contributed by atoms with Crippen LogP contribution >= 0.6 is 0 Å². The molecular weight excluding hydrogens is 346 g/mol. The number of hydrogen-bond acceptors (Lipinski definition) is 6. The van der Waals surface area contributed by atoms with Crippen LogP contribution in [-0.4, -0.2) is 55.1 Å². The Balaban J connectivity index is 1.37. The molecule has 1 fully saturated rings. The zero-order chi connectivity index (χ0) is 19.1. The number of nitro benzene ring substituents is 1. The first-order valence-electron chi connectivity index (χ1n) is 9.03. The first kappa shape index (κ1) is 18.8. The minimum absolute atomic E-state index is 0.106. The molecule has 1 aliphatic heterocycles. The molecule has 0 atom stereocenters. The van der Waals surface area contributed by atoms with E-state index in [1.54, 1.807) is 12.1 Å². The van der Waals surface area contributed by atoms with Gasteiger partial charge in [0.25, 0.3) is 5.69 Å². The maximum atomic E-state index is 11.9. The van der Waals surface area contributed by atoms with E-state index in [0.717, 1.165) is 37.4 Å². The fourth-order valence-electron chi connectivity index (χ4n) is 3.12. The van der Waals surface area contributed by atoms with Crippen molar-refractivity contribution in [2.24, 2.45) is 0 Å². The van der Waals surface area contributed by atoms with Crippen molar-refractivity contribution in [1.29, 1.82) is 0 Å². The number of anilines is 1. The molecule has 1 saturated heterocycles. The smallest absolute Gasteiger partial charge is 0.310 e. The van der Waals surface area contributed by atoms with Gasteiger partial charge in [-0.05, 0) is 17.7 Å². The molecule has 27 heavy (non-hydrogen) atoms. The van der Waals surface area contributed by atoms with Gasteiger partial charge in [-0.1, -0.05) is 30.3 Å². The molecule has 0 aliphatic carbocycles. The monoisotopic (exact) mass is 369 g/mol. The molecule has 0 unspecified atom stereocenters. The third-order valence-electron chi connectivity index (χ3n) is 4.66. The fraction of sp³-hybridized carbons (Fsp3) is 0.350. The second-order valence-corrected chi connectivity index (χ2v) is 6.49. The third-order valence-corrected chi connectivity index (χ3v) is 4.66. The van der Waals surface area contributed by atoms with E-state index in [2.05, 4.69) is 9.80 Å². The lowest BCUT2D eigenvalue weighted by atomic mass is 10.2. The van der Waals surface area contributed by atoms with Gasteiger partial charge in [0.05, 0.1) is 11.3 Å². The van der Waals surface area contributed by atoms with Crippen molar-refractivity contribution < 1.29 is 14.5 Å². The van der Waals surface area contributed by atoms with Crippen LogP contribution in [0.25, 0.3) is 0 Å². The molecule has 0 spiro atoms. The molecule has 1 heterocycles. The summed E-state index contributed by atoms with van der Waals surface area (Å²) in [5.41, 5.74) is 2.06. The SMILES string of the molecule is O=C(Cc1ccccc1)OCCN1CCN(c2ccc([N+](=O)[O-])cc2)CC1. The van der Waals surface area contributed by atoms with Gasteiger partial charge in [-0.3, -0.25) is 19.8 Å². The Morgan fingerprint density at radius 1 is 1.00 bits per heavy atom. The fourth-order valence-corrected chi connectivity index (χ4v) is 3.12. The summed E-state index contributed by atoms with van der Waals surface area (Å²) in [7, 11) is 0. The Hall–Kier alpha value is -2.93. The van der Waals surface area contributed by atoms with Crippen molar-refractivity contribution in [2.75, 3.05) is 44.2 Å². The van der Waals surface area contributed by atoms with E-state index in [1.807, 2.05) is 30.3 Å². The average molecular weight is 369 g/mol. The van der Waals surface area contributed by atoms with Crippen molar-refractivity contribution in [3.05, 3.63) is 70.3 Å². The highest BCUT2D eigenvalue weighted by Crippen LogP contribution is 2.20. The number of ether oxygens (including phenoxy) is 1. The van der Waals surface area contributed by atoms with Crippen molar-refractivity contribution in [2.45, 2.75) is 6.42 Å². The number of hydrogen-bond donors (Lipinski definition) is 0. The second kappa shape index (κ2) is 9.14. The lowest BCUT2D eigenvalue weighted by molar-refractivity contribution is -0.384. The minimum atomic E-state index is -0.388. The van der Waals surface area contributed by atoms with Crippen LogP contribution in [0.2, 0.25) is 0 Å². The number of nitrogens with zero attached hydrogens (tertiary/aromatic N) is 3. The van der Waals surface area contributed by atoms with Gasteiger partial charge in [-0.25, -0.2) is 0 Å². The van der Waals surface area contributed by atoms with E-state index in [0.29, 0.717) is 19.6 Å². The number of esters is 1. The minimum Gasteiger partial charge on any atom is -0.464 e. The molecule has 2 aromatic rings. The zero-order valence-corrected chi connectivity index (χ0v) is 15.1. The molecule has 0 radical (unpaired) electrons. The highest BCUT2D eigenvalue weighted by Gasteiger charge is 2.18. The molecule has 0 bridgehead atoms. The number of nitro groups is 1. The number of non-ortho nitro benzene ring substituents is 1. The third kappa shape index (κ3) is 5.52. The number of carbonyl (C=O) groups is 1. The van der Waals surface area contributed by atoms with Gasteiger partial charge in [-0.2, -0.15) is 0 Å². The lowest BCUT2D eigenvalue weighted by Crippen LogP contribution is -2.47. The van der Waals surface area contributed by atoms with Crippen molar-refractivity contribution >= 4 is 17.3 Å². The maximum Gasteiger partial charge on any atom is 0.310 e. The van der Waals surface area contributed by atoms with Crippen molar-refractivity contribution in [1.82, 2.24) is 4.90 Å². The van der Waals surface area contributed by atoms with Gasteiger partial charge in [0, 0.05) is 50.5 Å². The molecule has 0 aromatic heterocycles. The highest BCUT2D eigenvalue weighted by atomic mass is 16.6. The number of piperazine rings is 1. The van der Waals surface area contributed by atoms with Crippen LogP contribution in [0.15, 0.2) is 54.6 Å². The molecule has 142 valence electrons.